The number of nitrogens with zero attached hydrogens (tertiary/aromatic N) is 2. The summed E-state index contributed by atoms with van der Waals surface area (Å²) in [5, 5.41) is 4.01. The van der Waals surface area contributed by atoms with Crippen molar-refractivity contribution in [3.63, 3.8) is 0 Å². The maximum Gasteiger partial charge on any atom is 0.0800 e. The van der Waals surface area contributed by atoms with Crippen LogP contribution < -0.4 is 9.80 Å². The third-order valence-corrected chi connectivity index (χ3v) is 6.43. The summed E-state index contributed by atoms with van der Waals surface area (Å²) in [5.41, 5.74) is 6.79. The van der Waals surface area contributed by atoms with Crippen molar-refractivity contribution >= 4 is 34.9 Å². The van der Waals surface area contributed by atoms with Crippen LogP contribution in [0, 0.1) is 0 Å². The molecule has 0 N–H and O–H groups in total. The second-order valence-electron chi connectivity index (χ2n) is 6.60. The molecule has 4 rings (SSSR count). The molecule has 1 unspecified atom stereocenters. The lowest BCUT2D eigenvalue weighted by molar-refractivity contribution is 0.774. The van der Waals surface area contributed by atoms with E-state index >= 15 is 0 Å². The van der Waals surface area contributed by atoms with E-state index in [0.717, 1.165) is 37.3 Å². The first-order chi connectivity index (χ1) is 12.2. The van der Waals surface area contributed by atoms with Crippen molar-refractivity contribution in [3.8, 4) is 0 Å². The van der Waals surface area contributed by atoms with Crippen LogP contribution in [0.25, 0.3) is 0 Å². The molecule has 0 bridgehead atoms. The van der Waals surface area contributed by atoms with Crippen LogP contribution in [0.1, 0.15) is 24.0 Å². The normalized spacial score (nSPS) is 20.3. The fourth-order valence-corrected chi connectivity index (χ4v) is 4.89. The van der Waals surface area contributed by atoms with E-state index in [-0.39, 0.29) is 5.25 Å². The third kappa shape index (κ3) is 3.00. The molecule has 25 heavy (non-hydrogen) atoms. The Hall–Kier alpha value is -1.72. The first-order valence-corrected chi connectivity index (χ1v) is 10.2. The van der Waals surface area contributed by atoms with E-state index in [4.69, 9.17) is 0 Å². The lowest BCUT2D eigenvalue weighted by Crippen LogP contribution is -2.35. The predicted octanol–water partition coefficient (Wildman–Crippen LogP) is 5.92. The Kier molecular flexibility index (Phi) is 4.61. The van der Waals surface area contributed by atoms with Gasteiger partial charge in [-0.1, -0.05) is 25.3 Å². The van der Waals surface area contributed by atoms with Crippen molar-refractivity contribution in [2.75, 3.05) is 16.3 Å². The topological polar surface area (TPSA) is 6.48 Å². The standard InChI is InChI=1S/C20H21FN2S2/c1-14-5-4-9-22(14)18-7-3-6-17-11-19(25-21)15(2)23(20(17)18)12-16-8-10-24-13-16/h3,6-8,10,13,19H,1-2,4-5,9,11-12H2. The Balaban J connectivity index is 1.81. The van der Waals surface area contributed by atoms with E-state index < -0.39 is 0 Å². The third-order valence-electron chi connectivity index (χ3n) is 5.04. The molecule has 0 spiro atoms. The van der Waals surface area contributed by atoms with E-state index in [1.165, 1.54) is 22.5 Å². The van der Waals surface area contributed by atoms with Crippen LogP contribution in [0.15, 0.2) is 59.6 Å². The highest BCUT2D eigenvalue weighted by atomic mass is 32.2. The van der Waals surface area contributed by atoms with Gasteiger partial charge in [-0.2, -0.15) is 15.2 Å². The summed E-state index contributed by atoms with van der Waals surface area (Å²) in [6.45, 7) is 10.2. The SMILES string of the molecule is C=C1CCCN1c1cccc2c1N(Cc1ccsc1)C(=C)C(SF)C2. The molecule has 2 nitrogen and oxygen atoms in total. The van der Waals surface area contributed by atoms with E-state index in [1.54, 1.807) is 11.3 Å². The van der Waals surface area contributed by atoms with Crippen LogP contribution in [0.2, 0.25) is 0 Å². The van der Waals surface area contributed by atoms with E-state index in [0.29, 0.717) is 18.6 Å². The van der Waals surface area contributed by atoms with E-state index in [1.807, 2.05) is 0 Å². The molecule has 0 amide bonds. The largest absolute Gasteiger partial charge is 0.344 e. The van der Waals surface area contributed by atoms with Gasteiger partial charge in [-0.3, -0.25) is 0 Å². The quantitative estimate of drug-likeness (QED) is 0.657. The summed E-state index contributed by atoms with van der Waals surface area (Å²) in [6.07, 6.45) is 2.86. The van der Waals surface area contributed by atoms with Crippen molar-refractivity contribution in [2.24, 2.45) is 0 Å². The van der Waals surface area contributed by atoms with Gasteiger partial charge in [0.05, 0.1) is 28.8 Å². The number of rotatable bonds is 4. The minimum atomic E-state index is -0.219. The summed E-state index contributed by atoms with van der Waals surface area (Å²) in [5.74, 6) is 0. The van der Waals surface area contributed by atoms with E-state index in [9.17, 15) is 3.89 Å². The first kappa shape index (κ1) is 16.7. The number of fused-ring (bicyclic) bond motifs is 1. The Morgan fingerprint density at radius 3 is 2.84 bits per heavy atom. The number of thiophene rings is 1. The van der Waals surface area contributed by atoms with Gasteiger partial charge in [-0.05, 0) is 53.3 Å². The van der Waals surface area contributed by atoms with Crippen molar-refractivity contribution in [2.45, 2.75) is 31.1 Å². The van der Waals surface area contributed by atoms with Crippen molar-refractivity contribution < 1.29 is 3.89 Å². The Morgan fingerprint density at radius 1 is 1.28 bits per heavy atom. The number of halogens is 1. The molecule has 0 saturated carbocycles. The predicted molar refractivity (Wildman–Crippen MR) is 108 cm³/mol. The highest BCUT2D eigenvalue weighted by molar-refractivity contribution is 7.95. The number of allylic oxidation sites excluding steroid dienone is 1. The number of para-hydroxylation sites is 1. The smallest absolute Gasteiger partial charge is 0.0800 e. The van der Waals surface area contributed by atoms with Gasteiger partial charge in [0.15, 0.2) is 0 Å². The average Bonchev–Trinajstić information content (AvgIpc) is 3.28. The Morgan fingerprint density at radius 2 is 2.16 bits per heavy atom. The van der Waals surface area contributed by atoms with Crippen LogP contribution >= 0.6 is 23.5 Å². The fraction of sp³-hybridized carbons (Fsp3) is 0.300. The van der Waals surface area contributed by atoms with Crippen LogP contribution in [0.3, 0.4) is 0 Å². The summed E-state index contributed by atoms with van der Waals surface area (Å²) in [7, 11) is 0. The number of hydrogen-bond donors (Lipinski definition) is 0. The van der Waals surface area contributed by atoms with Crippen LogP contribution in [-0.2, 0) is 13.0 Å². The Bertz CT molecular complexity index is 800. The number of anilines is 2. The van der Waals surface area contributed by atoms with Gasteiger partial charge in [0.1, 0.15) is 0 Å². The van der Waals surface area contributed by atoms with Crippen molar-refractivity contribution in [1.29, 1.82) is 0 Å². The lowest BCUT2D eigenvalue weighted by Gasteiger charge is -2.39. The van der Waals surface area contributed by atoms with Gasteiger partial charge in [0.2, 0.25) is 0 Å². The first-order valence-electron chi connectivity index (χ1n) is 8.51. The van der Waals surface area contributed by atoms with Gasteiger partial charge in [0.25, 0.3) is 0 Å². The van der Waals surface area contributed by atoms with Crippen molar-refractivity contribution in [1.82, 2.24) is 0 Å². The van der Waals surface area contributed by atoms with Gasteiger partial charge < -0.3 is 9.80 Å². The average molecular weight is 373 g/mol. The molecule has 3 heterocycles. The molecule has 0 radical (unpaired) electrons. The maximum atomic E-state index is 13.5. The monoisotopic (exact) mass is 372 g/mol. The Labute approximate surface area is 156 Å². The molecule has 130 valence electrons. The van der Waals surface area contributed by atoms with Crippen LogP contribution in [0.5, 0.6) is 0 Å². The fourth-order valence-electron chi connectivity index (χ4n) is 3.76. The molecule has 2 aliphatic heterocycles. The lowest BCUT2D eigenvalue weighted by atomic mass is 9.97. The summed E-state index contributed by atoms with van der Waals surface area (Å²) in [4.78, 5) is 4.52. The van der Waals surface area contributed by atoms with Gasteiger partial charge >= 0.3 is 0 Å². The van der Waals surface area contributed by atoms with Crippen LogP contribution in [0.4, 0.5) is 15.3 Å². The highest BCUT2D eigenvalue weighted by Gasteiger charge is 2.33. The molecule has 2 aromatic rings. The van der Waals surface area contributed by atoms with Crippen LogP contribution in [-0.4, -0.2) is 11.8 Å². The minimum Gasteiger partial charge on any atom is -0.344 e. The molecule has 0 aliphatic carbocycles. The molecular weight excluding hydrogens is 351 g/mol. The zero-order valence-corrected chi connectivity index (χ0v) is 15.7. The second kappa shape index (κ2) is 6.89. The molecule has 5 heteroatoms. The van der Waals surface area contributed by atoms with Gasteiger partial charge in [0, 0.05) is 24.5 Å². The second-order valence-corrected chi connectivity index (χ2v) is 8.12. The molecule has 1 fully saturated rings. The maximum absolute atomic E-state index is 13.5. The molecule has 2 aliphatic rings. The molecule has 1 aromatic heterocycles. The summed E-state index contributed by atoms with van der Waals surface area (Å²) < 4.78 is 13.5. The van der Waals surface area contributed by atoms with Gasteiger partial charge in [-0.15, -0.1) is 0 Å². The van der Waals surface area contributed by atoms with E-state index in [2.05, 4.69) is 58.0 Å². The number of hydrogen-bond acceptors (Lipinski definition) is 4. The molecular formula is C20H21FN2S2. The minimum absolute atomic E-state index is 0.219. The van der Waals surface area contributed by atoms with Gasteiger partial charge in [-0.25, -0.2) is 0 Å². The highest BCUT2D eigenvalue weighted by Crippen LogP contribution is 2.45. The summed E-state index contributed by atoms with van der Waals surface area (Å²) in [6, 6.07) is 8.48. The number of benzene rings is 1. The van der Waals surface area contributed by atoms with Crippen molar-refractivity contribution in [3.05, 3.63) is 70.7 Å². The zero-order valence-electron chi connectivity index (χ0n) is 14.1. The zero-order chi connectivity index (χ0) is 17.4. The molecule has 1 atom stereocenters. The summed E-state index contributed by atoms with van der Waals surface area (Å²) >= 11 is 2.09. The molecule has 1 saturated heterocycles. The molecule has 1 aromatic carbocycles.